The summed E-state index contributed by atoms with van der Waals surface area (Å²) in [6.45, 7) is 0.578. The molecule has 0 bridgehead atoms. The van der Waals surface area contributed by atoms with Gasteiger partial charge < -0.3 is 10.1 Å². The van der Waals surface area contributed by atoms with Gasteiger partial charge in [0, 0.05) is 6.54 Å². The quantitative estimate of drug-likeness (QED) is 0.631. The minimum atomic E-state index is -3.73. The van der Waals surface area contributed by atoms with E-state index in [-0.39, 0.29) is 14.3 Å². The van der Waals surface area contributed by atoms with E-state index in [1.54, 1.807) is 25.3 Å². The number of anilines is 1. The summed E-state index contributed by atoms with van der Waals surface area (Å²) in [6, 6.07) is 15.9. The van der Waals surface area contributed by atoms with Gasteiger partial charge in [-0.25, -0.2) is 13.4 Å². The monoisotopic (exact) mass is 408 g/mol. The smallest absolute Gasteiger partial charge is 0.226 e. The van der Waals surface area contributed by atoms with Crippen LogP contribution in [-0.4, -0.2) is 27.1 Å². The predicted octanol–water partition coefficient (Wildman–Crippen LogP) is 4.29. The zero-order valence-electron chi connectivity index (χ0n) is 14.0. The lowest BCUT2D eigenvalue weighted by molar-refractivity contribution is 0.410. The number of hydrogen-bond donors (Lipinski definition) is 1. The molecule has 3 aromatic rings. The van der Waals surface area contributed by atoms with Crippen molar-refractivity contribution in [1.82, 2.24) is 4.98 Å². The van der Waals surface area contributed by atoms with Gasteiger partial charge in [0.2, 0.25) is 9.84 Å². The van der Waals surface area contributed by atoms with E-state index in [0.29, 0.717) is 18.1 Å². The van der Waals surface area contributed by atoms with E-state index in [9.17, 15) is 8.42 Å². The van der Waals surface area contributed by atoms with Gasteiger partial charge in [-0.2, -0.15) is 0 Å². The van der Waals surface area contributed by atoms with Gasteiger partial charge in [0.25, 0.3) is 0 Å². The molecule has 26 heavy (non-hydrogen) atoms. The molecule has 0 saturated carbocycles. The maximum absolute atomic E-state index is 12.7. The summed E-state index contributed by atoms with van der Waals surface area (Å²) in [4.78, 5) is 4.36. The molecule has 1 N–H and O–H groups in total. The third kappa shape index (κ3) is 4.00. The van der Waals surface area contributed by atoms with Crippen LogP contribution in [0.3, 0.4) is 0 Å². The van der Waals surface area contributed by atoms with Gasteiger partial charge in [-0.15, -0.1) is 0 Å². The molecule has 3 rings (SSSR count). The Bertz CT molecular complexity index is 989. The molecule has 0 aliphatic carbocycles. The Morgan fingerprint density at radius 2 is 1.81 bits per heavy atom. The highest BCUT2D eigenvalue weighted by molar-refractivity contribution is 7.91. The van der Waals surface area contributed by atoms with E-state index in [2.05, 4.69) is 10.3 Å². The van der Waals surface area contributed by atoms with Crippen LogP contribution in [0.4, 0.5) is 5.13 Å². The van der Waals surface area contributed by atoms with E-state index in [4.69, 9.17) is 16.3 Å². The number of aromatic nitrogens is 1. The van der Waals surface area contributed by atoms with Crippen LogP contribution in [0, 0.1) is 0 Å². The predicted molar refractivity (Wildman–Crippen MR) is 104 cm³/mol. The number of para-hydroxylation sites is 1. The van der Waals surface area contributed by atoms with Crippen LogP contribution in [0.2, 0.25) is 4.34 Å². The fourth-order valence-corrected chi connectivity index (χ4v) is 5.31. The van der Waals surface area contributed by atoms with Crippen LogP contribution in [0.1, 0.15) is 5.56 Å². The summed E-state index contributed by atoms with van der Waals surface area (Å²) < 4.78 is 30.8. The van der Waals surface area contributed by atoms with Crippen LogP contribution < -0.4 is 10.1 Å². The molecular weight excluding hydrogens is 392 g/mol. The molecule has 0 radical (unpaired) electrons. The van der Waals surface area contributed by atoms with Gasteiger partial charge >= 0.3 is 0 Å². The van der Waals surface area contributed by atoms with E-state index in [0.717, 1.165) is 22.6 Å². The van der Waals surface area contributed by atoms with Crippen molar-refractivity contribution in [3.05, 3.63) is 64.5 Å². The zero-order chi connectivity index (χ0) is 18.6. The summed E-state index contributed by atoms with van der Waals surface area (Å²) >= 11 is 7.25. The van der Waals surface area contributed by atoms with E-state index in [1.807, 2.05) is 24.3 Å². The highest BCUT2D eigenvalue weighted by Gasteiger charge is 2.25. The third-order valence-corrected chi connectivity index (χ3v) is 6.88. The molecule has 1 aromatic heterocycles. The van der Waals surface area contributed by atoms with Gasteiger partial charge in [0.15, 0.2) is 10.2 Å². The Morgan fingerprint density at radius 3 is 2.54 bits per heavy atom. The molecule has 0 saturated heterocycles. The van der Waals surface area contributed by atoms with Crippen molar-refractivity contribution in [1.29, 1.82) is 0 Å². The number of halogens is 1. The average Bonchev–Trinajstić information content (AvgIpc) is 3.04. The van der Waals surface area contributed by atoms with Crippen molar-refractivity contribution < 1.29 is 13.2 Å². The zero-order valence-corrected chi connectivity index (χ0v) is 16.4. The van der Waals surface area contributed by atoms with E-state index >= 15 is 0 Å². The Hall–Kier alpha value is -2.09. The molecule has 136 valence electrons. The number of nitrogens with one attached hydrogen (secondary N) is 1. The Morgan fingerprint density at radius 1 is 1.12 bits per heavy atom. The summed E-state index contributed by atoms with van der Waals surface area (Å²) in [7, 11) is -2.10. The Balaban J connectivity index is 1.73. The second-order valence-corrected chi connectivity index (χ2v) is 8.87. The van der Waals surface area contributed by atoms with Crippen LogP contribution >= 0.6 is 22.9 Å². The normalized spacial score (nSPS) is 11.3. The lowest BCUT2D eigenvalue weighted by atomic mass is 10.1. The van der Waals surface area contributed by atoms with Gasteiger partial charge in [-0.05, 0) is 30.2 Å². The van der Waals surface area contributed by atoms with Crippen molar-refractivity contribution in [2.75, 3.05) is 19.0 Å². The van der Waals surface area contributed by atoms with Crippen LogP contribution in [0.15, 0.2) is 64.5 Å². The van der Waals surface area contributed by atoms with E-state index < -0.39 is 9.84 Å². The molecular formula is C18H17ClN2O3S2. The van der Waals surface area contributed by atoms with Crippen molar-refractivity contribution in [2.45, 2.75) is 16.3 Å². The second-order valence-electron chi connectivity index (χ2n) is 5.40. The number of benzene rings is 2. The highest BCUT2D eigenvalue weighted by atomic mass is 35.5. The maximum atomic E-state index is 12.7. The minimum Gasteiger partial charge on any atom is -0.496 e. The molecule has 0 aliphatic rings. The number of rotatable bonds is 7. The first-order chi connectivity index (χ1) is 12.5. The molecule has 1 heterocycles. The largest absolute Gasteiger partial charge is 0.496 e. The van der Waals surface area contributed by atoms with Crippen molar-refractivity contribution in [3.8, 4) is 5.75 Å². The number of nitrogens with zero attached hydrogens (tertiary/aromatic N) is 1. The number of thiazole rings is 1. The van der Waals surface area contributed by atoms with Crippen molar-refractivity contribution in [3.63, 3.8) is 0 Å². The topological polar surface area (TPSA) is 68.3 Å². The SMILES string of the molecule is COc1ccccc1CCNc1nc(S(=O)(=O)c2ccccc2)c(Cl)s1. The first-order valence-corrected chi connectivity index (χ1v) is 10.5. The molecule has 0 aliphatic heterocycles. The first kappa shape index (κ1) is 18.7. The van der Waals surface area contributed by atoms with Gasteiger partial charge in [-0.3, -0.25) is 0 Å². The molecule has 0 unspecified atom stereocenters. The third-order valence-electron chi connectivity index (χ3n) is 3.73. The number of ether oxygens (including phenoxy) is 1. The van der Waals surface area contributed by atoms with Gasteiger partial charge in [-0.1, -0.05) is 59.3 Å². The van der Waals surface area contributed by atoms with Crippen LogP contribution in [0.25, 0.3) is 0 Å². The molecule has 0 fully saturated rings. The average molecular weight is 409 g/mol. The summed E-state index contributed by atoms with van der Waals surface area (Å²) in [5.41, 5.74) is 1.06. The van der Waals surface area contributed by atoms with Gasteiger partial charge in [0.1, 0.15) is 10.1 Å². The number of sulfone groups is 1. The van der Waals surface area contributed by atoms with Crippen molar-refractivity contribution in [2.24, 2.45) is 0 Å². The van der Waals surface area contributed by atoms with Crippen LogP contribution in [-0.2, 0) is 16.3 Å². The Kier molecular flexibility index (Phi) is 5.80. The second kappa shape index (κ2) is 8.07. The summed E-state index contributed by atoms with van der Waals surface area (Å²) in [5.74, 6) is 0.818. The van der Waals surface area contributed by atoms with E-state index in [1.165, 1.54) is 12.1 Å². The first-order valence-electron chi connectivity index (χ1n) is 7.84. The fraction of sp³-hybridized carbons (Fsp3) is 0.167. The molecule has 0 amide bonds. The van der Waals surface area contributed by atoms with Gasteiger partial charge in [0.05, 0.1) is 12.0 Å². The highest BCUT2D eigenvalue weighted by Crippen LogP contribution is 2.34. The molecule has 5 nitrogen and oxygen atoms in total. The summed E-state index contributed by atoms with van der Waals surface area (Å²) in [5, 5.41) is 3.49. The van der Waals surface area contributed by atoms with Crippen molar-refractivity contribution >= 4 is 37.9 Å². The Labute approximate surface area is 161 Å². The summed E-state index contributed by atoms with van der Waals surface area (Å²) in [6.07, 6.45) is 0.710. The minimum absolute atomic E-state index is 0.116. The standard InChI is InChI=1S/C18H17ClN2O3S2/c1-24-15-10-6-5-7-13(15)11-12-20-18-21-17(16(19)25-18)26(22,23)14-8-3-2-4-9-14/h2-10H,11-12H2,1H3,(H,20,21). The lowest BCUT2D eigenvalue weighted by Gasteiger charge is -2.08. The molecule has 8 heteroatoms. The molecule has 0 spiro atoms. The molecule has 0 atom stereocenters. The molecule has 2 aromatic carbocycles. The van der Waals surface area contributed by atoms with Crippen LogP contribution in [0.5, 0.6) is 5.75 Å². The number of hydrogen-bond acceptors (Lipinski definition) is 6. The maximum Gasteiger partial charge on any atom is 0.226 e. The number of methoxy groups -OCH3 is 1. The lowest BCUT2D eigenvalue weighted by Crippen LogP contribution is -2.07. The fourth-order valence-electron chi connectivity index (χ4n) is 2.45.